The number of rotatable bonds is 3. The Balaban J connectivity index is 1.90. The van der Waals surface area contributed by atoms with E-state index in [9.17, 15) is 4.79 Å². The second kappa shape index (κ2) is 6.57. The molecular formula is C15H22N2O2. The average molecular weight is 262 g/mol. The number of amides is 1. The minimum absolute atomic E-state index is 0.0760. The van der Waals surface area contributed by atoms with Gasteiger partial charge in [0.05, 0.1) is 0 Å². The van der Waals surface area contributed by atoms with Crippen molar-refractivity contribution in [1.82, 2.24) is 4.90 Å². The Morgan fingerprint density at radius 3 is 2.79 bits per heavy atom. The van der Waals surface area contributed by atoms with Crippen molar-refractivity contribution in [2.75, 3.05) is 6.54 Å². The predicted molar refractivity (Wildman–Crippen MR) is 74.6 cm³/mol. The van der Waals surface area contributed by atoms with Crippen LogP contribution in [0.25, 0.3) is 0 Å². The fraction of sp³-hybridized carbons (Fsp3) is 0.533. The maximum absolute atomic E-state index is 12.1. The summed E-state index contributed by atoms with van der Waals surface area (Å²) in [4.78, 5) is 13.9. The second-order valence-electron chi connectivity index (χ2n) is 5.09. The number of nitrogens with zero attached hydrogens (tertiary/aromatic N) is 1. The molecule has 2 rings (SSSR count). The summed E-state index contributed by atoms with van der Waals surface area (Å²) in [6.45, 7) is 3.02. The molecule has 1 aromatic carbocycles. The van der Waals surface area contributed by atoms with Crippen LogP contribution < -0.4 is 5.73 Å². The zero-order valence-corrected chi connectivity index (χ0v) is 11.4. The summed E-state index contributed by atoms with van der Waals surface area (Å²) in [5.74, 6) is 0. The summed E-state index contributed by atoms with van der Waals surface area (Å²) in [5, 5.41) is 0. The van der Waals surface area contributed by atoms with E-state index in [1.165, 1.54) is 0 Å². The highest BCUT2D eigenvalue weighted by atomic mass is 16.6. The highest BCUT2D eigenvalue weighted by Crippen LogP contribution is 2.20. The Morgan fingerprint density at radius 1 is 1.37 bits per heavy atom. The second-order valence-corrected chi connectivity index (χ2v) is 5.09. The van der Waals surface area contributed by atoms with E-state index in [0.717, 1.165) is 24.8 Å². The van der Waals surface area contributed by atoms with Gasteiger partial charge in [-0.15, -0.1) is 0 Å². The molecule has 1 amide bonds. The summed E-state index contributed by atoms with van der Waals surface area (Å²) in [7, 11) is 0. The van der Waals surface area contributed by atoms with Crippen LogP contribution in [-0.2, 0) is 11.3 Å². The lowest BCUT2D eigenvalue weighted by atomic mass is 9.97. The third-order valence-corrected chi connectivity index (χ3v) is 3.65. The van der Waals surface area contributed by atoms with Gasteiger partial charge in [-0.1, -0.05) is 37.3 Å². The number of benzene rings is 1. The Kier molecular flexibility index (Phi) is 4.80. The number of nitrogens with two attached hydrogens (primary N) is 1. The van der Waals surface area contributed by atoms with Gasteiger partial charge in [0.2, 0.25) is 0 Å². The van der Waals surface area contributed by atoms with Crippen LogP contribution in [0.15, 0.2) is 30.3 Å². The summed E-state index contributed by atoms with van der Waals surface area (Å²) < 4.78 is 5.38. The monoisotopic (exact) mass is 262 g/mol. The summed E-state index contributed by atoms with van der Waals surface area (Å²) in [6, 6.07) is 10.1. The molecule has 1 aliphatic rings. The van der Waals surface area contributed by atoms with Gasteiger partial charge in [-0.25, -0.2) is 4.79 Å². The topological polar surface area (TPSA) is 55.6 Å². The summed E-state index contributed by atoms with van der Waals surface area (Å²) in [6.07, 6.45) is 2.66. The molecule has 0 bridgehead atoms. The van der Waals surface area contributed by atoms with Crippen molar-refractivity contribution >= 4 is 6.09 Å². The number of ether oxygens (including phenoxy) is 1. The van der Waals surface area contributed by atoms with Gasteiger partial charge >= 0.3 is 6.09 Å². The lowest BCUT2D eigenvalue weighted by molar-refractivity contribution is 0.0628. The molecule has 1 aliphatic heterocycles. The van der Waals surface area contributed by atoms with E-state index in [2.05, 4.69) is 6.92 Å². The van der Waals surface area contributed by atoms with Crippen LogP contribution in [0.1, 0.15) is 31.7 Å². The number of likely N-dealkylation sites (tertiary alicyclic amines) is 1. The number of carbonyl (C=O) groups is 1. The predicted octanol–water partition coefficient (Wildman–Crippen LogP) is 2.52. The van der Waals surface area contributed by atoms with E-state index in [1.54, 1.807) is 4.90 Å². The van der Waals surface area contributed by atoms with Crippen molar-refractivity contribution < 1.29 is 9.53 Å². The van der Waals surface area contributed by atoms with E-state index in [4.69, 9.17) is 10.5 Å². The van der Waals surface area contributed by atoms with Crippen LogP contribution in [0, 0.1) is 0 Å². The van der Waals surface area contributed by atoms with Gasteiger partial charge in [0.15, 0.2) is 0 Å². The van der Waals surface area contributed by atoms with Crippen LogP contribution in [0.2, 0.25) is 0 Å². The fourth-order valence-corrected chi connectivity index (χ4v) is 2.51. The minimum atomic E-state index is -0.245. The van der Waals surface area contributed by atoms with Crippen LogP contribution >= 0.6 is 0 Å². The minimum Gasteiger partial charge on any atom is -0.445 e. The van der Waals surface area contributed by atoms with Crippen LogP contribution in [0.5, 0.6) is 0 Å². The van der Waals surface area contributed by atoms with E-state index in [0.29, 0.717) is 13.2 Å². The van der Waals surface area contributed by atoms with Crippen LogP contribution in [0.4, 0.5) is 4.79 Å². The summed E-state index contributed by atoms with van der Waals surface area (Å²) >= 11 is 0. The standard InChI is InChI=1S/C15H22N2O2/c1-2-14-9-8-13(16)10-17(14)15(18)19-11-12-6-4-3-5-7-12/h3-7,13-14H,2,8-11,16H2,1H3. The van der Waals surface area contributed by atoms with E-state index in [1.807, 2.05) is 30.3 Å². The molecule has 0 aromatic heterocycles. The number of carbonyl (C=O) groups excluding carboxylic acids is 1. The maximum Gasteiger partial charge on any atom is 0.410 e. The highest BCUT2D eigenvalue weighted by Gasteiger charge is 2.29. The van der Waals surface area contributed by atoms with E-state index in [-0.39, 0.29) is 18.2 Å². The molecule has 0 aliphatic carbocycles. The molecule has 0 spiro atoms. The van der Waals surface area contributed by atoms with Gasteiger partial charge in [0, 0.05) is 18.6 Å². The fourth-order valence-electron chi connectivity index (χ4n) is 2.51. The first-order valence-corrected chi connectivity index (χ1v) is 6.93. The third kappa shape index (κ3) is 3.70. The van der Waals surface area contributed by atoms with E-state index >= 15 is 0 Å². The zero-order valence-electron chi connectivity index (χ0n) is 11.4. The van der Waals surface area contributed by atoms with Gasteiger partial charge in [0.1, 0.15) is 6.61 Å². The smallest absolute Gasteiger partial charge is 0.410 e. The molecule has 0 saturated carbocycles. The first kappa shape index (κ1) is 13.9. The molecule has 4 nitrogen and oxygen atoms in total. The molecule has 19 heavy (non-hydrogen) atoms. The molecule has 1 saturated heterocycles. The molecular weight excluding hydrogens is 240 g/mol. The van der Waals surface area contributed by atoms with Crippen molar-refractivity contribution in [3.63, 3.8) is 0 Å². The Hall–Kier alpha value is -1.55. The Morgan fingerprint density at radius 2 is 2.11 bits per heavy atom. The first-order valence-electron chi connectivity index (χ1n) is 6.93. The van der Waals surface area contributed by atoms with Crippen LogP contribution in [0.3, 0.4) is 0 Å². The number of piperidine rings is 1. The van der Waals surface area contributed by atoms with Gasteiger partial charge in [0.25, 0.3) is 0 Å². The Labute approximate surface area is 114 Å². The molecule has 104 valence electrons. The maximum atomic E-state index is 12.1. The van der Waals surface area contributed by atoms with Crippen molar-refractivity contribution in [1.29, 1.82) is 0 Å². The van der Waals surface area contributed by atoms with E-state index < -0.39 is 0 Å². The molecule has 2 atom stereocenters. The number of hydrogen-bond donors (Lipinski definition) is 1. The molecule has 1 aromatic rings. The van der Waals surface area contributed by atoms with Gasteiger partial charge in [-0.05, 0) is 24.8 Å². The molecule has 1 heterocycles. The lowest BCUT2D eigenvalue weighted by Gasteiger charge is -2.37. The van der Waals surface area contributed by atoms with Gasteiger partial charge in [-0.2, -0.15) is 0 Å². The highest BCUT2D eigenvalue weighted by molar-refractivity contribution is 5.68. The molecule has 0 radical (unpaired) electrons. The molecule has 2 unspecified atom stereocenters. The molecule has 1 fully saturated rings. The van der Waals surface area contributed by atoms with Crippen molar-refractivity contribution in [2.24, 2.45) is 5.73 Å². The summed E-state index contributed by atoms with van der Waals surface area (Å²) in [5.41, 5.74) is 6.94. The Bertz CT molecular complexity index is 408. The largest absolute Gasteiger partial charge is 0.445 e. The zero-order chi connectivity index (χ0) is 13.7. The molecule has 2 N–H and O–H groups in total. The van der Waals surface area contributed by atoms with Crippen molar-refractivity contribution in [2.45, 2.75) is 44.9 Å². The van der Waals surface area contributed by atoms with Gasteiger partial charge < -0.3 is 15.4 Å². The third-order valence-electron chi connectivity index (χ3n) is 3.65. The quantitative estimate of drug-likeness (QED) is 0.910. The number of hydrogen-bond acceptors (Lipinski definition) is 3. The average Bonchev–Trinajstić information content (AvgIpc) is 2.46. The first-order chi connectivity index (χ1) is 9.20. The lowest BCUT2D eigenvalue weighted by Crippen LogP contribution is -2.51. The van der Waals surface area contributed by atoms with Gasteiger partial charge in [-0.3, -0.25) is 0 Å². The normalized spacial score (nSPS) is 23.2. The molecule has 4 heteroatoms. The van der Waals surface area contributed by atoms with Crippen molar-refractivity contribution in [3.8, 4) is 0 Å². The van der Waals surface area contributed by atoms with Crippen molar-refractivity contribution in [3.05, 3.63) is 35.9 Å². The SMILES string of the molecule is CCC1CCC(N)CN1C(=O)OCc1ccccc1. The van der Waals surface area contributed by atoms with Crippen LogP contribution in [-0.4, -0.2) is 29.6 Å².